The number of anilines is 1. The number of benzene rings is 1. The average Bonchev–Trinajstić information content (AvgIpc) is 2.79. The first kappa shape index (κ1) is 10.2. The fourth-order valence-electron chi connectivity index (χ4n) is 1.34. The molecule has 0 aliphatic heterocycles. The van der Waals surface area contributed by atoms with Crippen LogP contribution in [0.5, 0.6) is 0 Å². The molecule has 0 radical (unpaired) electrons. The third-order valence-corrected chi connectivity index (χ3v) is 2.11. The smallest absolute Gasteiger partial charge is 0.337 e. The van der Waals surface area contributed by atoms with E-state index in [2.05, 4.69) is 15.0 Å². The Balaban J connectivity index is 2.12. The molecule has 1 aromatic carbocycles. The van der Waals surface area contributed by atoms with E-state index in [1.165, 1.54) is 6.26 Å². The van der Waals surface area contributed by atoms with Crippen molar-refractivity contribution in [3.8, 4) is 0 Å². The number of para-hydroxylation sites is 1. The highest BCUT2D eigenvalue weighted by molar-refractivity contribution is 5.94. The Morgan fingerprint density at radius 1 is 1.38 bits per heavy atom. The van der Waals surface area contributed by atoms with E-state index in [1.54, 1.807) is 30.3 Å². The van der Waals surface area contributed by atoms with Crippen molar-refractivity contribution in [2.45, 2.75) is 6.54 Å². The van der Waals surface area contributed by atoms with Crippen LogP contribution < -0.4 is 5.32 Å². The van der Waals surface area contributed by atoms with Crippen LogP contribution in [0.3, 0.4) is 0 Å². The van der Waals surface area contributed by atoms with E-state index in [0.717, 1.165) is 5.69 Å². The second-order valence-electron chi connectivity index (χ2n) is 3.20. The number of hydrogen-bond donors (Lipinski definition) is 2. The Bertz CT molecular complexity index is 480. The topological polar surface area (TPSA) is 75.4 Å². The summed E-state index contributed by atoms with van der Waals surface area (Å²) < 4.78 is 4.67. The summed E-state index contributed by atoms with van der Waals surface area (Å²) in [4.78, 5) is 10.9. The van der Waals surface area contributed by atoms with Gasteiger partial charge in [0.1, 0.15) is 12.0 Å². The van der Waals surface area contributed by atoms with Crippen molar-refractivity contribution in [3.63, 3.8) is 0 Å². The molecule has 0 spiro atoms. The Morgan fingerprint density at radius 2 is 2.19 bits per heavy atom. The quantitative estimate of drug-likeness (QED) is 0.820. The molecule has 1 heterocycles. The maximum absolute atomic E-state index is 10.9. The van der Waals surface area contributed by atoms with Gasteiger partial charge >= 0.3 is 5.97 Å². The molecule has 0 saturated carbocycles. The minimum atomic E-state index is -0.955. The Hall–Kier alpha value is -2.30. The molecule has 5 nitrogen and oxygen atoms in total. The van der Waals surface area contributed by atoms with Crippen LogP contribution in [0.15, 0.2) is 41.1 Å². The summed E-state index contributed by atoms with van der Waals surface area (Å²) in [6, 6.07) is 8.44. The van der Waals surface area contributed by atoms with E-state index in [-0.39, 0.29) is 5.56 Å². The van der Waals surface area contributed by atoms with Crippen molar-refractivity contribution in [3.05, 3.63) is 47.9 Å². The third-order valence-electron chi connectivity index (χ3n) is 2.11. The summed E-state index contributed by atoms with van der Waals surface area (Å²) in [5.41, 5.74) is 1.53. The average molecular weight is 218 g/mol. The van der Waals surface area contributed by atoms with Crippen LogP contribution in [0.25, 0.3) is 0 Å². The lowest BCUT2D eigenvalue weighted by molar-refractivity contribution is 0.0698. The van der Waals surface area contributed by atoms with Crippen molar-refractivity contribution >= 4 is 11.7 Å². The number of carboxylic acids is 1. The summed E-state index contributed by atoms with van der Waals surface area (Å²) in [6.45, 7) is 0.431. The highest BCUT2D eigenvalue weighted by Gasteiger charge is 2.08. The fourth-order valence-corrected chi connectivity index (χ4v) is 1.34. The monoisotopic (exact) mass is 218 g/mol. The van der Waals surface area contributed by atoms with E-state index < -0.39 is 5.97 Å². The van der Waals surface area contributed by atoms with Crippen molar-refractivity contribution in [2.75, 3.05) is 5.32 Å². The SMILES string of the molecule is O=C(O)c1ccccc1NCc1ccon1. The number of nitrogens with one attached hydrogen (secondary N) is 1. The van der Waals surface area contributed by atoms with E-state index >= 15 is 0 Å². The number of aromatic carboxylic acids is 1. The molecule has 5 heteroatoms. The molecule has 0 atom stereocenters. The number of carboxylic acid groups (broad SMARTS) is 1. The second-order valence-corrected chi connectivity index (χ2v) is 3.20. The molecule has 0 fully saturated rings. The third kappa shape index (κ3) is 2.20. The highest BCUT2D eigenvalue weighted by atomic mass is 16.5. The van der Waals surface area contributed by atoms with Crippen molar-refractivity contribution in [1.82, 2.24) is 5.16 Å². The minimum Gasteiger partial charge on any atom is -0.478 e. The predicted molar refractivity (Wildman–Crippen MR) is 57.2 cm³/mol. The van der Waals surface area contributed by atoms with Gasteiger partial charge < -0.3 is 14.9 Å². The Kier molecular flexibility index (Phi) is 2.86. The van der Waals surface area contributed by atoms with Crippen LogP contribution >= 0.6 is 0 Å². The zero-order valence-electron chi connectivity index (χ0n) is 8.38. The van der Waals surface area contributed by atoms with Gasteiger partial charge in [0.05, 0.1) is 12.1 Å². The summed E-state index contributed by atoms with van der Waals surface area (Å²) in [7, 11) is 0. The maximum atomic E-state index is 10.9. The first-order valence-corrected chi connectivity index (χ1v) is 4.73. The summed E-state index contributed by atoms with van der Waals surface area (Å²) >= 11 is 0. The van der Waals surface area contributed by atoms with Gasteiger partial charge in [0.25, 0.3) is 0 Å². The molecule has 0 bridgehead atoms. The van der Waals surface area contributed by atoms with E-state index in [1.807, 2.05) is 0 Å². The molecule has 2 N–H and O–H groups in total. The van der Waals surface area contributed by atoms with Crippen molar-refractivity contribution in [1.29, 1.82) is 0 Å². The maximum Gasteiger partial charge on any atom is 0.337 e. The zero-order valence-corrected chi connectivity index (χ0v) is 8.38. The fraction of sp³-hybridized carbons (Fsp3) is 0.0909. The van der Waals surface area contributed by atoms with Crippen LogP contribution in [0.1, 0.15) is 16.1 Å². The van der Waals surface area contributed by atoms with Gasteiger partial charge in [-0.25, -0.2) is 4.79 Å². The second kappa shape index (κ2) is 4.48. The van der Waals surface area contributed by atoms with Crippen LogP contribution in [0.4, 0.5) is 5.69 Å². The molecule has 2 aromatic rings. The standard InChI is InChI=1S/C11H10N2O3/c14-11(15)9-3-1-2-4-10(9)12-7-8-5-6-16-13-8/h1-6,12H,7H2,(H,14,15). The van der Waals surface area contributed by atoms with Gasteiger partial charge in [0, 0.05) is 11.8 Å². The number of rotatable bonds is 4. The molecule has 0 unspecified atom stereocenters. The lowest BCUT2D eigenvalue weighted by atomic mass is 10.2. The van der Waals surface area contributed by atoms with Crippen LogP contribution in [0, 0.1) is 0 Å². The number of nitrogens with zero attached hydrogens (tertiary/aromatic N) is 1. The molecule has 82 valence electrons. The normalized spacial score (nSPS) is 10.0. The summed E-state index contributed by atoms with van der Waals surface area (Å²) in [6.07, 6.45) is 1.47. The molecule has 0 aliphatic carbocycles. The lowest BCUT2D eigenvalue weighted by Crippen LogP contribution is -2.06. The van der Waals surface area contributed by atoms with Gasteiger partial charge in [0.15, 0.2) is 0 Å². The summed E-state index contributed by atoms with van der Waals surface area (Å²) in [5.74, 6) is -0.955. The van der Waals surface area contributed by atoms with Crippen LogP contribution in [-0.4, -0.2) is 16.2 Å². The number of hydrogen-bond acceptors (Lipinski definition) is 4. The molecule has 0 aliphatic rings. The molecular weight excluding hydrogens is 208 g/mol. The van der Waals surface area contributed by atoms with E-state index in [4.69, 9.17) is 5.11 Å². The number of carbonyl (C=O) groups is 1. The summed E-state index contributed by atoms with van der Waals surface area (Å²) in [5, 5.41) is 15.7. The molecule has 0 saturated heterocycles. The molecule has 1 aromatic heterocycles. The first-order valence-electron chi connectivity index (χ1n) is 4.73. The first-order chi connectivity index (χ1) is 7.77. The van der Waals surface area contributed by atoms with Crippen molar-refractivity contribution < 1.29 is 14.4 Å². The lowest BCUT2D eigenvalue weighted by Gasteiger charge is -2.07. The van der Waals surface area contributed by atoms with Gasteiger partial charge in [-0.2, -0.15) is 0 Å². The molecule has 16 heavy (non-hydrogen) atoms. The van der Waals surface area contributed by atoms with Crippen LogP contribution in [-0.2, 0) is 6.54 Å². The zero-order chi connectivity index (χ0) is 11.4. The predicted octanol–water partition coefficient (Wildman–Crippen LogP) is 1.98. The number of aromatic nitrogens is 1. The Morgan fingerprint density at radius 3 is 2.88 bits per heavy atom. The molecular formula is C11H10N2O3. The highest BCUT2D eigenvalue weighted by Crippen LogP contribution is 2.15. The van der Waals surface area contributed by atoms with Gasteiger partial charge in [0.2, 0.25) is 0 Å². The van der Waals surface area contributed by atoms with E-state index in [0.29, 0.717) is 12.2 Å². The van der Waals surface area contributed by atoms with Gasteiger partial charge in [-0.15, -0.1) is 0 Å². The van der Waals surface area contributed by atoms with Gasteiger partial charge in [-0.1, -0.05) is 17.3 Å². The van der Waals surface area contributed by atoms with Crippen LogP contribution in [0.2, 0.25) is 0 Å². The molecule has 0 amide bonds. The molecule has 2 rings (SSSR count). The minimum absolute atomic E-state index is 0.242. The van der Waals surface area contributed by atoms with E-state index in [9.17, 15) is 4.79 Å². The van der Waals surface area contributed by atoms with Gasteiger partial charge in [-0.05, 0) is 12.1 Å². The largest absolute Gasteiger partial charge is 0.478 e. The van der Waals surface area contributed by atoms with Gasteiger partial charge in [-0.3, -0.25) is 0 Å². The van der Waals surface area contributed by atoms with Crippen molar-refractivity contribution in [2.24, 2.45) is 0 Å². The Labute approximate surface area is 91.7 Å².